The van der Waals surface area contributed by atoms with Crippen LogP contribution in [0.3, 0.4) is 0 Å². The molecule has 1 heterocycles. The van der Waals surface area contributed by atoms with Gasteiger partial charge in [0.1, 0.15) is 5.75 Å². The summed E-state index contributed by atoms with van der Waals surface area (Å²) in [4.78, 5) is 29.3. The number of rotatable bonds is 8. The normalized spacial score (nSPS) is 13.6. The van der Waals surface area contributed by atoms with Crippen molar-refractivity contribution in [3.63, 3.8) is 0 Å². The predicted octanol–water partition coefficient (Wildman–Crippen LogP) is 3.02. The topological polar surface area (TPSA) is 68.3 Å². The SMILES string of the molecule is COc1cc(OC)c(C(=O)N2CCN(C(=O)CCCc3ccccc3)CC2)cc1OC. The monoisotopic (exact) mass is 426 g/mol. The van der Waals surface area contributed by atoms with Gasteiger partial charge in [-0.3, -0.25) is 9.59 Å². The molecular formula is C24H30N2O5. The van der Waals surface area contributed by atoms with Gasteiger partial charge in [0.05, 0.1) is 26.9 Å². The number of piperazine rings is 1. The molecule has 3 rings (SSSR count). The average Bonchev–Trinajstić information content (AvgIpc) is 2.83. The Morgan fingerprint density at radius 2 is 1.39 bits per heavy atom. The predicted molar refractivity (Wildman–Crippen MR) is 118 cm³/mol. The lowest BCUT2D eigenvalue weighted by Crippen LogP contribution is -2.50. The summed E-state index contributed by atoms with van der Waals surface area (Å²) in [5.74, 6) is 1.41. The van der Waals surface area contributed by atoms with Crippen LogP contribution in [0.4, 0.5) is 0 Å². The van der Waals surface area contributed by atoms with E-state index in [1.54, 1.807) is 17.0 Å². The van der Waals surface area contributed by atoms with Gasteiger partial charge in [-0.1, -0.05) is 30.3 Å². The van der Waals surface area contributed by atoms with E-state index in [1.807, 2.05) is 23.1 Å². The number of hydrogen-bond acceptors (Lipinski definition) is 5. The summed E-state index contributed by atoms with van der Waals surface area (Å²) in [6, 6.07) is 13.5. The van der Waals surface area contributed by atoms with E-state index in [0.29, 0.717) is 55.4 Å². The Morgan fingerprint density at radius 1 is 0.806 bits per heavy atom. The standard InChI is InChI=1S/C24H30N2O5/c1-29-20-17-22(31-3)21(30-2)16-19(20)24(28)26-14-12-25(13-15-26)23(27)11-7-10-18-8-5-4-6-9-18/h4-6,8-9,16-17H,7,10-15H2,1-3H3. The maximum absolute atomic E-state index is 13.1. The highest BCUT2D eigenvalue weighted by molar-refractivity contribution is 5.98. The summed E-state index contributed by atoms with van der Waals surface area (Å²) >= 11 is 0. The summed E-state index contributed by atoms with van der Waals surface area (Å²) in [6.45, 7) is 2.04. The van der Waals surface area contributed by atoms with E-state index in [1.165, 1.54) is 26.9 Å². The lowest BCUT2D eigenvalue weighted by Gasteiger charge is -2.35. The Balaban J connectivity index is 1.55. The molecular weight excluding hydrogens is 396 g/mol. The number of nitrogens with zero attached hydrogens (tertiary/aromatic N) is 2. The molecule has 0 radical (unpaired) electrons. The van der Waals surface area contributed by atoms with E-state index in [0.717, 1.165) is 12.8 Å². The molecule has 7 heteroatoms. The third-order valence-corrected chi connectivity index (χ3v) is 5.55. The quantitative estimate of drug-likeness (QED) is 0.649. The fraction of sp³-hybridized carbons (Fsp3) is 0.417. The van der Waals surface area contributed by atoms with E-state index in [9.17, 15) is 9.59 Å². The lowest BCUT2D eigenvalue weighted by atomic mass is 10.1. The number of benzene rings is 2. The van der Waals surface area contributed by atoms with Gasteiger partial charge >= 0.3 is 0 Å². The first-order valence-electron chi connectivity index (χ1n) is 10.5. The summed E-state index contributed by atoms with van der Waals surface area (Å²) in [7, 11) is 4.58. The first kappa shape index (κ1) is 22.5. The lowest BCUT2D eigenvalue weighted by molar-refractivity contribution is -0.132. The Labute approximate surface area is 183 Å². The third-order valence-electron chi connectivity index (χ3n) is 5.55. The van der Waals surface area contributed by atoms with Crippen LogP contribution < -0.4 is 14.2 Å². The molecule has 0 unspecified atom stereocenters. The van der Waals surface area contributed by atoms with Crippen LogP contribution >= 0.6 is 0 Å². The van der Waals surface area contributed by atoms with Crippen molar-refractivity contribution in [3.8, 4) is 17.2 Å². The number of aryl methyl sites for hydroxylation is 1. The zero-order valence-electron chi connectivity index (χ0n) is 18.4. The van der Waals surface area contributed by atoms with E-state index >= 15 is 0 Å². The molecule has 166 valence electrons. The molecule has 0 saturated carbocycles. The molecule has 31 heavy (non-hydrogen) atoms. The van der Waals surface area contributed by atoms with Crippen molar-refractivity contribution in [1.82, 2.24) is 9.80 Å². The van der Waals surface area contributed by atoms with Gasteiger partial charge in [0.2, 0.25) is 5.91 Å². The summed E-state index contributed by atoms with van der Waals surface area (Å²) in [5, 5.41) is 0. The molecule has 0 aliphatic carbocycles. The molecule has 0 N–H and O–H groups in total. The van der Waals surface area contributed by atoms with E-state index < -0.39 is 0 Å². The minimum atomic E-state index is -0.144. The average molecular weight is 427 g/mol. The van der Waals surface area contributed by atoms with Crippen molar-refractivity contribution >= 4 is 11.8 Å². The summed E-state index contributed by atoms with van der Waals surface area (Å²) < 4.78 is 16.0. The maximum atomic E-state index is 13.1. The largest absolute Gasteiger partial charge is 0.496 e. The van der Waals surface area contributed by atoms with Gasteiger partial charge in [-0.25, -0.2) is 0 Å². The van der Waals surface area contributed by atoms with Crippen molar-refractivity contribution in [1.29, 1.82) is 0 Å². The third kappa shape index (κ3) is 5.48. The molecule has 0 atom stereocenters. The highest BCUT2D eigenvalue weighted by atomic mass is 16.5. The molecule has 2 amide bonds. The Bertz CT molecular complexity index is 892. The van der Waals surface area contributed by atoms with Gasteiger partial charge < -0.3 is 24.0 Å². The van der Waals surface area contributed by atoms with Crippen LogP contribution in [0.25, 0.3) is 0 Å². The smallest absolute Gasteiger partial charge is 0.257 e. The molecule has 0 bridgehead atoms. The number of hydrogen-bond donors (Lipinski definition) is 0. The maximum Gasteiger partial charge on any atom is 0.257 e. The first-order chi connectivity index (χ1) is 15.1. The Kier molecular flexibility index (Phi) is 7.76. The fourth-order valence-electron chi connectivity index (χ4n) is 3.77. The first-order valence-corrected chi connectivity index (χ1v) is 10.5. The van der Waals surface area contributed by atoms with Crippen LogP contribution in [0.2, 0.25) is 0 Å². The molecule has 2 aromatic rings. The van der Waals surface area contributed by atoms with Crippen molar-refractivity contribution in [2.45, 2.75) is 19.3 Å². The number of carbonyl (C=O) groups excluding carboxylic acids is 2. The van der Waals surface area contributed by atoms with Gasteiger partial charge in [0.15, 0.2) is 11.5 Å². The van der Waals surface area contributed by atoms with Gasteiger partial charge in [0, 0.05) is 44.7 Å². The van der Waals surface area contributed by atoms with Crippen molar-refractivity contribution in [2.24, 2.45) is 0 Å². The van der Waals surface area contributed by atoms with E-state index in [2.05, 4.69) is 12.1 Å². The van der Waals surface area contributed by atoms with Crippen LogP contribution in [0.1, 0.15) is 28.8 Å². The number of ether oxygens (including phenoxy) is 3. The second-order valence-corrected chi connectivity index (χ2v) is 7.42. The van der Waals surface area contributed by atoms with E-state index in [4.69, 9.17) is 14.2 Å². The minimum absolute atomic E-state index is 0.144. The number of methoxy groups -OCH3 is 3. The molecule has 7 nitrogen and oxygen atoms in total. The molecule has 2 aromatic carbocycles. The van der Waals surface area contributed by atoms with Crippen LogP contribution in [-0.4, -0.2) is 69.1 Å². The fourth-order valence-corrected chi connectivity index (χ4v) is 3.77. The van der Waals surface area contributed by atoms with Crippen molar-refractivity contribution < 1.29 is 23.8 Å². The van der Waals surface area contributed by atoms with Crippen LogP contribution in [0.5, 0.6) is 17.2 Å². The minimum Gasteiger partial charge on any atom is -0.496 e. The molecule has 1 fully saturated rings. The highest BCUT2D eigenvalue weighted by Crippen LogP contribution is 2.35. The van der Waals surface area contributed by atoms with Crippen molar-refractivity contribution in [3.05, 3.63) is 53.6 Å². The van der Waals surface area contributed by atoms with Crippen LogP contribution in [0.15, 0.2) is 42.5 Å². The molecule has 0 spiro atoms. The van der Waals surface area contributed by atoms with Gasteiger partial charge in [0.25, 0.3) is 5.91 Å². The second kappa shape index (κ2) is 10.7. The van der Waals surface area contributed by atoms with Gasteiger partial charge in [-0.2, -0.15) is 0 Å². The molecule has 1 aliphatic rings. The summed E-state index contributed by atoms with van der Waals surface area (Å²) in [5.41, 5.74) is 1.66. The zero-order chi connectivity index (χ0) is 22.2. The Morgan fingerprint density at radius 3 is 2.00 bits per heavy atom. The second-order valence-electron chi connectivity index (χ2n) is 7.42. The number of carbonyl (C=O) groups is 2. The van der Waals surface area contributed by atoms with E-state index in [-0.39, 0.29) is 11.8 Å². The molecule has 1 aliphatic heterocycles. The Hall–Kier alpha value is -3.22. The van der Waals surface area contributed by atoms with Crippen LogP contribution in [0, 0.1) is 0 Å². The molecule has 0 aromatic heterocycles. The van der Waals surface area contributed by atoms with Gasteiger partial charge in [-0.05, 0) is 18.4 Å². The van der Waals surface area contributed by atoms with Crippen molar-refractivity contribution in [2.75, 3.05) is 47.5 Å². The zero-order valence-corrected chi connectivity index (χ0v) is 18.4. The molecule has 1 saturated heterocycles. The van der Waals surface area contributed by atoms with Gasteiger partial charge in [-0.15, -0.1) is 0 Å². The van der Waals surface area contributed by atoms with Crippen LogP contribution in [-0.2, 0) is 11.2 Å². The summed E-state index contributed by atoms with van der Waals surface area (Å²) in [6.07, 6.45) is 2.24. The number of amides is 2. The highest BCUT2D eigenvalue weighted by Gasteiger charge is 2.27.